The van der Waals surface area contributed by atoms with Gasteiger partial charge >= 0.3 is 5.97 Å². The van der Waals surface area contributed by atoms with Crippen LogP contribution in [0.1, 0.15) is 10.4 Å². The Kier molecular flexibility index (Phi) is 4.05. The monoisotopic (exact) mass is 214 g/mol. The molecule has 4 nitrogen and oxygen atoms in total. The first-order chi connectivity index (χ1) is 7.20. The summed E-state index contributed by atoms with van der Waals surface area (Å²) in [4.78, 5) is 11.1. The summed E-state index contributed by atoms with van der Waals surface area (Å²) < 4.78 is 27.5. The van der Waals surface area contributed by atoms with E-state index in [2.05, 4.69) is 9.47 Å². The van der Waals surface area contributed by atoms with Gasteiger partial charge in [0.25, 0.3) is 0 Å². The summed E-state index contributed by atoms with van der Waals surface area (Å²) in [7, 11) is 2.60. The zero-order valence-corrected chi connectivity index (χ0v) is 8.45. The normalized spacial score (nSPS) is 9.80. The maximum absolute atomic E-state index is 13.6. The first-order valence-corrected chi connectivity index (χ1v) is 4.19. The Morgan fingerprint density at radius 2 is 2.13 bits per heavy atom. The van der Waals surface area contributed by atoms with Crippen LogP contribution in [0.2, 0.25) is 0 Å². The Hall–Kier alpha value is -1.62. The average Bonchev–Trinajstić information content (AvgIpc) is 2.27. The highest BCUT2D eigenvalue weighted by Gasteiger charge is 2.15. The van der Waals surface area contributed by atoms with Crippen LogP contribution in [0.15, 0.2) is 18.2 Å². The average molecular weight is 214 g/mol. The van der Waals surface area contributed by atoms with Gasteiger partial charge in [-0.05, 0) is 12.1 Å². The SMILES string of the molecule is COCOc1cccc(C(=O)OC)c1F. The van der Waals surface area contributed by atoms with Gasteiger partial charge in [0.1, 0.15) is 0 Å². The van der Waals surface area contributed by atoms with Gasteiger partial charge in [0, 0.05) is 7.11 Å². The third-order valence-electron chi connectivity index (χ3n) is 1.70. The zero-order valence-electron chi connectivity index (χ0n) is 8.45. The molecule has 0 saturated carbocycles. The molecule has 0 aliphatic rings. The van der Waals surface area contributed by atoms with E-state index < -0.39 is 11.8 Å². The summed E-state index contributed by atoms with van der Waals surface area (Å²) in [5.41, 5.74) is -0.161. The zero-order chi connectivity index (χ0) is 11.3. The van der Waals surface area contributed by atoms with Gasteiger partial charge in [-0.3, -0.25) is 0 Å². The first kappa shape index (κ1) is 11.5. The van der Waals surface area contributed by atoms with E-state index in [0.29, 0.717) is 0 Å². The summed E-state index contributed by atoms with van der Waals surface area (Å²) in [6.45, 7) is -0.0818. The number of esters is 1. The van der Waals surface area contributed by atoms with E-state index in [1.165, 1.54) is 32.4 Å². The van der Waals surface area contributed by atoms with Crippen LogP contribution in [0.25, 0.3) is 0 Å². The van der Waals surface area contributed by atoms with Crippen molar-refractivity contribution in [1.29, 1.82) is 0 Å². The maximum Gasteiger partial charge on any atom is 0.340 e. The van der Waals surface area contributed by atoms with E-state index in [1.54, 1.807) is 0 Å². The second-order valence-corrected chi connectivity index (χ2v) is 2.66. The number of halogens is 1. The van der Waals surface area contributed by atoms with Crippen LogP contribution in [-0.2, 0) is 9.47 Å². The number of rotatable bonds is 4. The van der Waals surface area contributed by atoms with E-state index in [0.717, 1.165) is 0 Å². The second kappa shape index (κ2) is 5.31. The van der Waals surface area contributed by atoms with Crippen molar-refractivity contribution in [2.75, 3.05) is 21.0 Å². The summed E-state index contributed by atoms with van der Waals surface area (Å²) >= 11 is 0. The van der Waals surface area contributed by atoms with Crippen molar-refractivity contribution in [2.24, 2.45) is 0 Å². The fraction of sp³-hybridized carbons (Fsp3) is 0.300. The minimum Gasteiger partial charge on any atom is -0.465 e. The largest absolute Gasteiger partial charge is 0.465 e. The van der Waals surface area contributed by atoms with Gasteiger partial charge in [0.15, 0.2) is 18.4 Å². The summed E-state index contributed by atoms with van der Waals surface area (Å²) in [6, 6.07) is 4.22. The van der Waals surface area contributed by atoms with E-state index in [1.807, 2.05) is 0 Å². The molecule has 0 radical (unpaired) electrons. The number of carbonyl (C=O) groups is 1. The van der Waals surface area contributed by atoms with Gasteiger partial charge in [0.05, 0.1) is 12.7 Å². The molecule has 15 heavy (non-hydrogen) atoms. The molecule has 0 aromatic heterocycles. The lowest BCUT2D eigenvalue weighted by Crippen LogP contribution is -2.07. The molecular weight excluding hydrogens is 203 g/mol. The quantitative estimate of drug-likeness (QED) is 0.564. The van der Waals surface area contributed by atoms with E-state index in [-0.39, 0.29) is 18.1 Å². The number of hydrogen-bond acceptors (Lipinski definition) is 4. The lowest BCUT2D eigenvalue weighted by Gasteiger charge is -2.07. The van der Waals surface area contributed by atoms with Crippen LogP contribution in [0.3, 0.4) is 0 Å². The number of ether oxygens (including phenoxy) is 3. The van der Waals surface area contributed by atoms with Crippen LogP contribution in [0.5, 0.6) is 5.75 Å². The third kappa shape index (κ3) is 2.66. The molecule has 82 valence electrons. The minimum atomic E-state index is -0.749. The van der Waals surface area contributed by atoms with Crippen LogP contribution in [0, 0.1) is 5.82 Å². The van der Waals surface area contributed by atoms with Crippen LogP contribution in [0.4, 0.5) is 4.39 Å². The highest BCUT2D eigenvalue weighted by Crippen LogP contribution is 2.20. The standard InChI is InChI=1S/C10H11FO4/c1-13-6-15-8-5-3-4-7(9(8)11)10(12)14-2/h3-5H,6H2,1-2H3. The summed E-state index contributed by atoms with van der Waals surface area (Å²) in [6.07, 6.45) is 0. The molecule has 0 heterocycles. The van der Waals surface area contributed by atoms with Crippen molar-refractivity contribution in [3.05, 3.63) is 29.6 Å². The molecule has 0 aliphatic carbocycles. The molecule has 0 aliphatic heterocycles. The summed E-state index contributed by atoms with van der Waals surface area (Å²) in [5, 5.41) is 0. The molecule has 5 heteroatoms. The van der Waals surface area contributed by atoms with E-state index in [4.69, 9.17) is 4.74 Å². The Morgan fingerprint density at radius 3 is 2.73 bits per heavy atom. The van der Waals surface area contributed by atoms with Gasteiger partial charge in [-0.1, -0.05) is 6.07 Å². The highest BCUT2D eigenvalue weighted by molar-refractivity contribution is 5.90. The highest BCUT2D eigenvalue weighted by atomic mass is 19.1. The molecule has 0 fully saturated rings. The molecule has 0 spiro atoms. The molecule has 1 rings (SSSR count). The van der Waals surface area contributed by atoms with Gasteiger partial charge in [-0.2, -0.15) is 0 Å². The molecule has 0 bridgehead atoms. The number of carbonyl (C=O) groups excluding carboxylic acids is 1. The minimum absolute atomic E-state index is 0.0419. The number of methoxy groups -OCH3 is 2. The Morgan fingerprint density at radius 1 is 1.40 bits per heavy atom. The van der Waals surface area contributed by atoms with Gasteiger partial charge in [0.2, 0.25) is 0 Å². The molecule has 0 N–H and O–H groups in total. The van der Waals surface area contributed by atoms with E-state index >= 15 is 0 Å². The first-order valence-electron chi connectivity index (χ1n) is 4.19. The summed E-state index contributed by atoms with van der Waals surface area (Å²) in [5.74, 6) is -1.53. The van der Waals surface area contributed by atoms with Crippen molar-refractivity contribution in [3.63, 3.8) is 0 Å². The second-order valence-electron chi connectivity index (χ2n) is 2.66. The number of hydrogen-bond donors (Lipinski definition) is 0. The van der Waals surface area contributed by atoms with Gasteiger partial charge in [-0.15, -0.1) is 0 Å². The van der Waals surface area contributed by atoms with Crippen molar-refractivity contribution < 1.29 is 23.4 Å². The third-order valence-corrected chi connectivity index (χ3v) is 1.70. The molecule has 0 saturated heterocycles. The Balaban J connectivity index is 2.95. The fourth-order valence-electron chi connectivity index (χ4n) is 1.01. The van der Waals surface area contributed by atoms with Gasteiger partial charge < -0.3 is 14.2 Å². The Bertz CT molecular complexity index is 351. The van der Waals surface area contributed by atoms with Crippen molar-refractivity contribution >= 4 is 5.97 Å². The van der Waals surface area contributed by atoms with Crippen molar-refractivity contribution in [2.45, 2.75) is 0 Å². The molecule has 0 amide bonds. The fourth-order valence-corrected chi connectivity index (χ4v) is 1.01. The molecule has 1 aromatic rings. The Labute approximate surface area is 86.6 Å². The molecule has 1 aromatic carbocycles. The topological polar surface area (TPSA) is 44.8 Å². The van der Waals surface area contributed by atoms with E-state index in [9.17, 15) is 9.18 Å². The van der Waals surface area contributed by atoms with Crippen molar-refractivity contribution in [1.82, 2.24) is 0 Å². The van der Waals surface area contributed by atoms with Crippen LogP contribution in [-0.4, -0.2) is 27.0 Å². The van der Waals surface area contributed by atoms with Crippen LogP contribution < -0.4 is 4.74 Å². The lowest BCUT2D eigenvalue weighted by atomic mass is 10.2. The predicted octanol–water partition coefficient (Wildman–Crippen LogP) is 1.59. The molecule has 0 atom stereocenters. The molecular formula is C10H11FO4. The van der Waals surface area contributed by atoms with Gasteiger partial charge in [-0.25, -0.2) is 9.18 Å². The lowest BCUT2D eigenvalue weighted by molar-refractivity contribution is 0.0471. The number of benzene rings is 1. The van der Waals surface area contributed by atoms with Crippen LogP contribution >= 0.6 is 0 Å². The predicted molar refractivity (Wildman–Crippen MR) is 50.2 cm³/mol. The van der Waals surface area contributed by atoms with Crippen molar-refractivity contribution in [3.8, 4) is 5.75 Å². The maximum atomic E-state index is 13.6. The smallest absolute Gasteiger partial charge is 0.340 e. The molecule has 0 unspecified atom stereocenters.